The largest absolute Gasteiger partial charge is 0.302 e. The lowest BCUT2D eigenvalue weighted by molar-refractivity contribution is 0.125. The van der Waals surface area contributed by atoms with E-state index in [0.29, 0.717) is 12.5 Å². The second-order valence-electron chi connectivity index (χ2n) is 5.38. The van der Waals surface area contributed by atoms with E-state index >= 15 is 0 Å². The van der Waals surface area contributed by atoms with Crippen molar-refractivity contribution in [2.45, 2.75) is 31.8 Å². The molecule has 1 saturated heterocycles. The minimum atomic E-state index is 0.640. The Hall–Kier alpha value is -1.37. The molecule has 1 aliphatic rings. The van der Waals surface area contributed by atoms with Crippen LogP contribution in [-0.2, 0) is 6.54 Å². The molecule has 19 heavy (non-hydrogen) atoms. The zero-order chi connectivity index (χ0) is 13.5. The van der Waals surface area contributed by atoms with Gasteiger partial charge in [-0.05, 0) is 38.5 Å². The summed E-state index contributed by atoms with van der Waals surface area (Å²) in [5.74, 6) is 0. The summed E-state index contributed by atoms with van der Waals surface area (Å²) in [6.45, 7) is 4.29. The molecule has 1 heterocycles. The zero-order valence-electron chi connectivity index (χ0n) is 11.8. The summed E-state index contributed by atoms with van der Waals surface area (Å²) in [6, 6.07) is 13.6. The first-order valence-electron chi connectivity index (χ1n) is 7.13. The maximum Gasteiger partial charge on any atom is 0.0635 e. The van der Waals surface area contributed by atoms with E-state index < -0.39 is 0 Å². The fraction of sp³-hybridized carbons (Fsp3) is 0.562. The van der Waals surface area contributed by atoms with E-state index in [9.17, 15) is 0 Å². The molecule has 0 atom stereocenters. The van der Waals surface area contributed by atoms with Crippen molar-refractivity contribution in [3.8, 4) is 6.07 Å². The number of hydrogen-bond donors (Lipinski definition) is 0. The number of nitriles is 1. The lowest BCUT2D eigenvalue weighted by Crippen LogP contribution is -2.43. The average Bonchev–Trinajstić information content (AvgIpc) is 2.46. The van der Waals surface area contributed by atoms with Crippen molar-refractivity contribution in [3.63, 3.8) is 0 Å². The van der Waals surface area contributed by atoms with Crippen molar-refractivity contribution in [1.29, 1.82) is 5.26 Å². The van der Waals surface area contributed by atoms with Gasteiger partial charge in [-0.15, -0.1) is 0 Å². The van der Waals surface area contributed by atoms with Crippen LogP contribution in [0.1, 0.15) is 24.8 Å². The molecule has 1 aromatic carbocycles. The smallest absolute Gasteiger partial charge is 0.0635 e. The third kappa shape index (κ3) is 4.34. The van der Waals surface area contributed by atoms with Crippen LogP contribution in [0.3, 0.4) is 0 Å². The van der Waals surface area contributed by atoms with E-state index in [1.807, 2.05) is 0 Å². The van der Waals surface area contributed by atoms with Crippen molar-refractivity contribution in [2.24, 2.45) is 0 Å². The Balaban J connectivity index is 1.75. The van der Waals surface area contributed by atoms with Gasteiger partial charge in [0.05, 0.1) is 6.07 Å². The van der Waals surface area contributed by atoms with E-state index in [1.54, 1.807) is 0 Å². The second-order valence-corrected chi connectivity index (χ2v) is 5.38. The van der Waals surface area contributed by atoms with Crippen LogP contribution in [0, 0.1) is 11.3 Å². The van der Waals surface area contributed by atoms with Gasteiger partial charge in [0.15, 0.2) is 0 Å². The Morgan fingerprint density at radius 1 is 1.26 bits per heavy atom. The van der Waals surface area contributed by atoms with Crippen molar-refractivity contribution in [3.05, 3.63) is 35.9 Å². The normalized spacial score (nSPS) is 17.5. The van der Waals surface area contributed by atoms with Gasteiger partial charge in [-0.3, -0.25) is 4.90 Å². The topological polar surface area (TPSA) is 30.3 Å². The van der Waals surface area contributed by atoms with Crippen LogP contribution in [-0.4, -0.2) is 42.5 Å². The van der Waals surface area contributed by atoms with Gasteiger partial charge in [-0.25, -0.2) is 0 Å². The summed E-state index contributed by atoms with van der Waals surface area (Å²) in [6.07, 6.45) is 3.07. The van der Waals surface area contributed by atoms with E-state index in [-0.39, 0.29) is 0 Å². The molecule has 2 rings (SSSR count). The highest BCUT2D eigenvalue weighted by atomic mass is 15.2. The molecule has 0 radical (unpaired) electrons. The first-order chi connectivity index (χ1) is 9.29. The predicted octanol–water partition coefficient (Wildman–Crippen LogP) is 2.50. The molecular formula is C16H23N3. The molecule has 0 aromatic heterocycles. The molecule has 0 unspecified atom stereocenters. The second kappa shape index (κ2) is 7.28. The molecule has 0 aliphatic carbocycles. The van der Waals surface area contributed by atoms with Crippen LogP contribution in [0.5, 0.6) is 0 Å². The summed E-state index contributed by atoms with van der Waals surface area (Å²) in [4.78, 5) is 4.88. The first-order valence-corrected chi connectivity index (χ1v) is 7.13. The van der Waals surface area contributed by atoms with Crippen molar-refractivity contribution < 1.29 is 0 Å². The molecule has 102 valence electrons. The van der Waals surface area contributed by atoms with Crippen molar-refractivity contribution >= 4 is 0 Å². The Labute approximate surface area is 116 Å². The SMILES string of the molecule is CN(CCC#N)C1CCN(Cc2ccccc2)CC1. The number of rotatable bonds is 5. The van der Waals surface area contributed by atoms with Crippen LogP contribution in [0.4, 0.5) is 0 Å². The molecule has 3 nitrogen and oxygen atoms in total. The van der Waals surface area contributed by atoms with Gasteiger partial charge in [-0.1, -0.05) is 30.3 Å². The third-order valence-corrected chi connectivity index (χ3v) is 4.01. The highest BCUT2D eigenvalue weighted by Gasteiger charge is 2.21. The average molecular weight is 257 g/mol. The summed E-state index contributed by atoms with van der Waals surface area (Å²) in [5.41, 5.74) is 1.40. The molecule has 1 fully saturated rings. The van der Waals surface area contributed by atoms with Gasteiger partial charge in [0.25, 0.3) is 0 Å². The molecule has 0 N–H and O–H groups in total. The summed E-state index contributed by atoms with van der Waals surface area (Å²) < 4.78 is 0. The Morgan fingerprint density at radius 2 is 1.95 bits per heavy atom. The molecule has 1 aliphatic heterocycles. The quantitative estimate of drug-likeness (QED) is 0.812. The van der Waals surface area contributed by atoms with E-state index in [2.05, 4.69) is 53.2 Å². The lowest BCUT2D eigenvalue weighted by atomic mass is 10.0. The Bertz CT molecular complexity index is 402. The fourth-order valence-electron chi connectivity index (χ4n) is 2.77. The molecule has 1 aromatic rings. The number of likely N-dealkylation sites (tertiary alicyclic amines) is 1. The van der Waals surface area contributed by atoms with Crippen LogP contribution < -0.4 is 0 Å². The highest BCUT2D eigenvalue weighted by Crippen LogP contribution is 2.17. The van der Waals surface area contributed by atoms with Gasteiger partial charge >= 0.3 is 0 Å². The van der Waals surface area contributed by atoms with Crippen LogP contribution in [0.25, 0.3) is 0 Å². The number of benzene rings is 1. The van der Waals surface area contributed by atoms with Gasteiger partial charge in [0.2, 0.25) is 0 Å². The highest BCUT2D eigenvalue weighted by molar-refractivity contribution is 5.14. The van der Waals surface area contributed by atoms with Crippen LogP contribution >= 0.6 is 0 Å². The monoisotopic (exact) mass is 257 g/mol. The van der Waals surface area contributed by atoms with Crippen molar-refractivity contribution in [2.75, 3.05) is 26.7 Å². The summed E-state index contributed by atoms with van der Waals surface area (Å²) in [5, 5.41) is 8.63. The number of hydrogen-bond acceptors (Lipinski definition) is 3. The summed E-state index contributed by atoms with van der Waals surface area (Å²) >= 11 is 0. The first kappa shape index (κ1) is 14.0. The Kier molecular flexibility index (Phi) is 5.38. The molecular weight excluding hydrogens is 234 g/mol. The molecule has 0 bridgehead atoms. The van der Waals surface area contributed by atoms with Crippen LogP contribution in [0.2, 0.25) is 0 Å². The van der Waals surface area contributed by atoms with Crippen LogP contribution in [0.15, 0.2) is 30.3 Å². The van der Waals surface area contributed by atoms with E-state index in [4.69, 9.17) is 5.26 Å². The van der Waals surface area contributed by atoms with Gasteiger partial charge in [0.1, 0.15) is 0 Å². The zero-order valence-corrected chi connectivity index (χ0v) is 11.8. The molecule has 3 heteroatoms. The third-order valence-electron chi connectivity index (χ3n) is 4.01. The van der Waals surface area contributed by atoms with Gasteiger partial charge in [0, 0.05) is 25.6 Å². The lowest BCUT2D eigenvalue weighted by Gasteiger charge is -2.36. The maximum atomic E-state index is 8.63. The summed E-state index contributed by atoms with van der Waals surface area (Å²) in [7, 11) is 2.15. The molecule has 0 amide bonds. The number of piperidine rings is 1. The standard InChI is InChI=1S/C16H23N3/c1-18(11-5-10-17)16-8-12-19(13-9-16)14-15-6-3-2-4-7-15/h2-4,6-7,16H,5,8-9,11-14H2,1H3. The van der Waals surface area contributed by atoms with Crippen molar-refractivity contribution in [1.82, 2.24) is 9.80 Å². The predicted molar refractivity (Wildman–Crippen MR) is 77.6 cm³/mol. The molecule has 0 saturated carbocycles. The van der Waals surface area contributed by atoms with E-state index in [1.165, 1.54) is 18.4 Å². The minimum Gasteiger partial charge on any atom is -0.302 e. The maximum absolute atomic E-state index is 8.63. The fourth-order valence-corrected chi connectivity index (χ4v) is 2.77. The van der Waals surface area contributed by atoms with Gasteiger partial charge in [-0.2, -0.15) is 5.26 Å². The minimum absolute atomic E-state index is 0.640. The molecule has 0 spiro atoms. The van der Waals surface area contributed by atoms with E-state index in [0.717, 1.165) is 26.2 Å². The van der Waals surface area contributed by atoms with Gasteiger partial charge < -0.3 is 4.90 Å². The number of nitrogens with zero attached hydrogens (tertiary/aromatic N) is 3. The Morgan fingerprint density at radius 3 is 2.58 bits per heavy atom.